The lowest BCUT2D eigenvalue weighted by Gasteiger charge is -2.25. The third kappa shape index (κ3) is 3.86. The molecular weight excluding hydrogens is 418 g/mol. The molecule has 9 heteroatoms. The second kappa shape index (κ2) is 8.60. The second-order valence-electron chi connectivity index (χ2n) is 7.34. The minimum absolute atomic E-state index is 0.229. The van der Waals surface area contributed by atoms with Crippen molar-refractivity contribution in [2.75, 3.05) is 31.6 Å². The molecule has 2 aliphatic heterocycles. The molecule has 0 spiro atoms. The average Bonchev–Trinajstić information content (AvgIpc) is 3.23. The van der Waals surface area contributed by atoms with Crippen LogP contribution in [0.4, 0.5) is 5.00 Å². The van der Waals surface area contributed by atoms with Gasteiger partial charge in [0.05, 0.1) is 23.3 Å². The summed E-state index contributed by atoms with van der Waals surface area (Å²) in [6, 6.07) is 6.49. The minimum Gasteiger partial charge on any atom is -0.462 e. The van der Waals surface area contributed by atoms with Gasteiger partial charge in [-0.25, -0.2) is 4.79 Å². The van der Waals surface area contributed by atoms with E-state index in [1.165, 1.54) is 11.3 Å². The number of carbonyl (C=O) groups excluding carboxylic acids is 4. The molecular formula is C22H23N3O5S. The Balaban J connectivity index is 1.56. The Morgan fingerprint density at radius 1 is 1.13 bits per heavy atom. The fourth-order valence-electron chi connectivity index (χ4n) is 3.93. The highest BCUT2D eigenvalue weighted by atomic mass is 32.1. The van der Waals surface area contributed by atoms with Gasteiger partial charge in [-0.05, 0) is 37.6 Å². The first kappa shape index (κ1) is 21.2. The van der Waals surface area contributed by atoms with E-state index in [2.05, 4.69) is 17.1 Å². The van der Waals surface area contributed by atoms with Crippen molar-refractivity contribution < 1.29 is 23.9 Å². The first-order valence-electron chi connectivity index (χ1n) is 10.2. The van der Waals surface area contributed by atoms with E-state index in [1.807, 2.05) is 0 Å². The number of imide groups is 1. The summed E-state index contributed by atoms with van der Waals surface area (Å²) >= 11 is 1.35. The first-order valence-corrected chi connectivity index (χ1v) is 11.0. The standard InChI is InChI=1S/C22H23N3O5S/c1-3-24-10-9-15-16(11-24)31-19(18(15)22(29)30-4-2)23-17(26)12-25-20(27)13-7-5-6-8-14(13)21(25)28/h5-8H,3-4,9-12H2,1-2H3,(H,23,26). The smallest absolute Gasteiger partial charge is 0.341 e. The molecule has 2 aliphatic rings. The summed E-state index contributed by atoms with van der Waals surface area (Å²) < 4.78 is 5.22. The fraction of sp³-hybridized carbons (Fsp3) is 0.364. The summed E-state index contributed by atoms with van der Waals surface area (Å²) in [4.78, 5) is 54.7. The van der Waals surface area contributed by atoms with E-state index in [0.29, 0.717) is 34.7 Å². The maximum Gasteiger partial charge on any atom is 0.341 e. The highest BCUT2D eigenvalue weighted by Gasteiger charge is 2.37. The lowest BCUT2D eigenvalue weighted by Crippen LogP contribution is -2.37. The molecule has 8 nitrogen and oxygen atoms in total. The van der Waals surface area contributed by atoms with Gasteiger partial charge in [-0.1, -0.05) is 19.1 Å². The molecule has 162 valence electrons. The molecule has 0 fully saturated rings. The molecule has 1 aromatic heterocycles. The Hall–Kier alpha value is -3.04. The van der Waals surface area contributed by atoms with Crippen LogP contribution in [0.2, 0.25) is 0 Å². The summed E-state index contributed by atoms with van der Waals surface area (Å²) in [6.45, 7) is 6.05. The van der Waals surface area contributed by atoms with E-state index in [4.69, 9.17) is 4.74 Å². The summed E-state index contributed by atoms with van der Waals surface area (Å²) in [7, 11) is 0. The van der Waals surface area contributed by atoms with Gasteiger partial charge in [0, 0.05) is 18.0 Å². The molecule has 0 atom stereocenters. The number of nitrogens with zero attached hydrogens (tertiary/aromatic N) is 2. The van der Waals surface area contributed by atoms with Crippen molar-refractivity contribution in [3.63, 3.8) is 0 Å². The van der Waals surface area contributed by atoms with Crippen molar-refractivity contribution in [1.82, 2.24) is 9.80 Å². The summed E-state index contributed by atoms with van der Waals surface area (Å²) in [5.74, 6) is -2.00. The number of ether oxygens (including phenoxy) is 1. The molecule has 0 unspecified atom stereocenters. The SMILES string of the molecule is CCOC(=O)c1c(NC(=O)CN2C(=O)c3ccccc3C2=O)sc2c1CCN(CC)C2. The lowest BCUT2D eigenvalue weighted by atomic mass is 10.0. The number of rotatable bonds is 6. The molecule has 0 saturated heterocycles. The van der Waals surface area contributed by atoms with Gasteiger partial charge >= 0.3 is 5.97 Å². The highest BCUT2D eigenvalue weighted by molar-refractivity contribution is 7.17. The Bertz CT molecular complexity index is 1040. The van der Waals surface area contributed by atoms with E-state index in [9.17, 15) is 19.2 Å². The quantitative estimate of drug-likeness (QED) is 0.547. The molecule has 0 saturated carbocycles. The van der Waals surface area contributed by atoms with Crippen LogP contribution in [0.5, 0.6) is 0 Å². The molecule has 3 heterocycles. The Morgan fingerprint density at radius 3 is 2.42 bits per heavy atom. The molecule has 3 amide bonds. The lowest BCUT2D eigenvalue weighted by molar-refractivity contribution is -0.116. The van der Waals surface area contributed by atoms with E-state index < -0.39 is 30.2 Å². The molecule has 31 heavy (non-hydrogen) atoms. The number of carbonyl (C=O) groups is 4. The van der Waals surface area contributed by atoms with Crippen molar-refractivity contribution >= 4 is 40.0 Å². The Kier molecular flexibility index (Phi) is 5.88. The van der Waals surface area contributed by atoms with Crippen LogP contribution in [0.1, 0.15) is 55.4 Å². The largest absolute Gasteiger partial charge is 0.462 e. The van der Waals surface area contributed by atoms with Gasteiger partial charge < -0.3 is 10.1 Å². The third-order valence-corrected chi connectivity index (χ3v) is 6.63. The molecule has 1 aromatic carbocycles. The van der Waals surface area contributed by atoms with Crippen LogP contribution in [-0.4, -0.2) is 59.7 Å². The number of thiophene rings is 1. The van der Waals surface area contributed by atoms with Crippen LogP contribution in [0.15, 0.2) is 24.3 Å². The van der Waals surface area contributed by atoms with Crippen molar-refractivity contribution in [2.24, 2.45) is 0 Å². The molecule has 2 aromatic rings. The summed E-state index contributed by atoms with van der Waals surface area (Å²) in [5.41, 5.74) is 1.87. The summed E-state index contributed by atoms with van der Waals surface area (Å²) in [6.07, 6.45) is 0.697. The second-order valence-corrected chi connectivity index (χ2v) is 8.44. The van der Waals surface area contributed by atoms with Gasteiger partial charge in [-0.2, -0.15) is 0 Å². The summed E-state index contributed by atoms with van der Waals surface area (Å²) in [5, 5.41) is 3.15. The van der Waals surface area contributed by atoms with Gasteiger partial charge in [-0.15, -0.1) is 11.3 Å². The molecule has 1 N–H and O–H groups in total. The van der Waals surface area contributed by atoms with Gasteiger partial charge in [0.15, 0.2) is 0 Å². The third-order valence-electron chi connectivity index (χ3n) is 5.50. The number of hydrogen-bond donors (Lipinski definition) is 1. The van der Waals surface area contributed by atoms with E-state index in [-0.39, 0.29) is 6.61 Å². The van der Waals surface area contributed by atoms with Crippen LogP contribution < -0.4 is 5.32 Å². The fourth-order valence-corrected chi connectivity index (χ4v) is 5.22. The molecule has 0 aliphatic carbocycles. The number of fused-ring (bicyclic) bond motifs is 2. The molecule has 0 radical (unpaired) electrons. The van der Waals surface area contributed by atoms with Gasteiger partial charge in [-0.3, -0.25) is 24.2 Å². The van der Waals surface area contributed by atoms with Crippen molar-refractivity contribution in [3.8, 4) is 0 Å². The number of anilines is 1. The normalized spacial score (nSPS) is 15.6. The van der Waals surface area contributed by atoms with Crippen molar-refractivity contribution in [1.29, 1.82) is 0 Å². The maximum atomic E-state index is 12.8. The van der Waals surface area contributed by atoms with Gasteiger partial charge in [0.1, 0.15) is 11.5 Å². The number of hydrogen-bond acceptors (Lipinski definition) is 7. The Morgan fingerprint density at radius 2 is 1.81 bits per heavy atom. The maximum absolute atomic E-state index is 12.8. The zero-order valence-corrected chi connectivity index (χ0v) is 18.2. The topological polar surface area (TPSA) is 96.0 Å². The highest BCUT2D eigenvalue weighted by Crippen LogP contribution is 2.37. The average molecular weight is 442 g/mol. The number of esters is 1. The van der Waals surface area contributed by atoms with Crippen LogP contribution in [0.25, 0.3) is 0 Å². The van der Waals surface area contributed by atoms with E-state index in [0.717, 1.165) is 28.4 Å². The Labute approximate surface area is 183 Å². The number of benzene rings is 1. The van der Waals surface area contributed by atoms with E-state index >= 15 is 0 Å². The van der Waals surface area contributed by atoms with Crippen LogP contribution >= 0.6 is 11.3 Å². The number of likely N-dealkylation sites (N-methyl/N-ethyl adjacent to an activating group) is 1. The zero-order valence-electron chi connectivity index (χ0n) is 17.4. The monoisotopic (exact) mass is 441 g/mol. The molecule has 4 rings (SSSR count). The van der Waals surface area contributed by atoms with Gasteiger partial charge in [0.2, 0.25) is 5.91 Å². The van der Waals surface area contributed by atoms with Gasteiger partial charge in [0.25, 0.3) is 11.8 Å². The van der Waals surface area contributed by atoms with E-state index in [1.54, 1.807) is 31.2 Å². The zero-order chi connectivity index (χ0) is 22.1. The number of amides is 3. The minimum atomic E-state index is -0.536. The molecule has 0 bridgehead atoms. The van der Waals surface area contributed by atoms with Crippen molar-refractivity contribution in [2.45, 2.75) is 26.8 Å². The predicted octanol–water partition coefficient (Wildman–Crippen LogP) is 2.54. The van der Waals surface area contributed by atoms with Crippen LogP contribution in [0, 0.1) is 0 Å². The first-order chi connectivity index (χ1) is 14.9. The predicted molar refractivity (Wildman–Crippen MR) is 115 cm³/mol. The van der Waals surface area contributed by atoms with Crippen LogP contribution in [0.3, 0.4) is 0 Å². The number of nitrogens with one attached hydrogen (secondary N) is 1. The van der Waals surface area contributed by atoms with Crippen molar-refractivity contribution in [3.05, 3.63) is 51.4 Å². The van der Waals surface area contributed by atoms with Crippen LogP contribution in [-0.2, 0) is 22.5 Å².